The molecule has 0 spiro atoms. The van der Waals surface area contributed by atoms with Gasteiger partial charge < -0.3 is 9.67 Å². The van der Waals surface area contributed by atoms with E-state index in [-0.39, 0.29) is 0 Å². The fourth-order valence-electron chi connectivity index (χ4n) is 2.47. The maximum atomic E-state index is 9.99. The first kappa shape index (κ1) is 12.2. The Balaban J connectivity index is 2.63. The summed E-state index contributed by atoms with van der Waals surface area (Å²) >= 11 is 0. The first-order valence-corrected chi connectivity index (χ1v) is 6.22. The number of aliphatic hydroxyl groups is 1. The summed E-state index contributed by atoms with van der Waals surface area (Å²) in [5, 5.41) is 11.3. The SMILES string of the molecule is CCn1cc(C)c2cccc(CC(C)(C)O)c21. The van der Waals surface area contributed by atoms with Gasteiger partial charge in [-0.25, -0.2) is 0 Å². The fraction of sp³-hybridized carbons (Fsp3) is 0.467. The Morgan fingerprint density at radius 3 is 2.59 bits per heavy atom. The Hall–Kier alpha value is -1.28. The quantitative estimate of drug-likeness (QED) is 0.861. The predicted molar refractivity (Wildman–Crippen MR) is 72.4 cm³/mol. The first-order chi connectivity index (χ1) is 7.92. The Labute approximate surface area is 103 Å². The van der Waals surface area contributed by atoms with E-state index in [0.717, 1.165) is 6.54 Å². The summed E-state index contributed by atoms with van der Waals surface area (Å²) in [7, 11) is 0. The normalized spacial score (nSPS) is 12.3. The van der Waals surface area contributed by atoms with Crippen LogP contribution in [-0.2, 0) is 13.0 Å². The summed E-state index contributed by atoms with van der Waals surface area (Å²) in [5.74, 6) is 0. The summed E-state index contributed by atoms with van der Waals surface area (Å²) in [5.41, 5.74) is 3.14. The molecular formula is C15H21NO. The number of aryl methyl sites for hydroxylation is 2. The second-order valence-corrected chi connectivity index (χ2v) is 5.40. The van der Waals surface area contributed by atoms with Crippen molar-refractivity contribution in [3.63, 3.8) is 0 Å². The molecule has 0 bridgehead atoms. The van der Waals surface area contributed by atoms with E-state index in [1.165, 1.54) is 22.0 Å². The van der Waals surface area contributed by atoms with Gasteiger partial charge in [-0.15, -0.1) is 0 Å². The van der Waals surface area contributed by atoms with Crippen molar-refractivity contribution in [3.05, 3.63) is 35.5 Å². The van der Waals surface area contributed by atoms with Crippen LogP contribution in [0, 0.1) is 6.92 Å². The van der Waals surface area contributed by atoms with E-state index in [1.807, 2.05) is 13.8 Å². The van der Waals surface area contributed by atoms with Gasteiger partial charge >= 0.3 is 0 Å². The van der Waals surface area contributed by atoms with Crippen molar-refractivity contribution in [2.24, 2.45) is 0 Å². The van der Waals surface area contributed by atoms with Crippen LogP contribution in [0.4, 0.5) is 0 Å². The molecule has 0 unspecified atom stereocenters. The van der Waals surface area contributed by atoms with Crippen LogP contribution < -0.4 is 0 Å². The minimum absolute atomic E-state index is 0.662. The molecule has 2 aromatic rings. The highest BCUT2D eigenvalue weighted by Gasteiger charge is 2.17. The summed E-state index contributed by atoms with van der Waals surface area (Å²) in [6, 6.07) is 6.35. The zero-order valence-corrected chi connectivity index (χ0v) is 11.1. The van der Waals surface area contributed by atoms with Crippen LogP contribution >= 0.6 is 0 Å². The zero-order chi connectivity index (χ0) is 12.6. The van der Waals surface area contributed by atoms with Crippen molar-refractivity contribution in [1.29, 1.82) is 0 Å². The Morgan fingerprint density at radius 1 is 1.29 bits per heavy atom. The van der Waals surface area contributed by atoms with Gasteiger partial charge in [-0.3, -0.25) is 0 Å². The number of para-hydroxylation sites is 1. The standard InChI is InChI=1S/C15H21NO/c1-5-16-10-11(2)13-8-6-7-12(14(13)16)9-15(3,4)17/h6-8,10,17H,5,9H2,1-4H3. The topological polar surface area (TPSA) is 25.2 Å². The van der Waals surface area contributed by atoms with Gasteiger partial charge in [-0.1, -0.05) is 18.2 Å². The summed E-state index contributed by atoms with van der Waals surface area (Å²) in [6.07, 6.45) is 2.88. The Bertz CT molecular complexity index is 532. The van der Waals surface area contributed by atoms with Gasteiger partial charge in [0.2, 0.25) is 0 Å². The molecule has 0 amide bonds. The minimum Gasteiger partial charge on any atom is -0.390 e. The van der Waals surface area contributed by atoms with Gasteiger partial charge in [0.1, 0.15) is 0 Å². The van der Waals surface area contributed by atoms with E-state index in [1.54, 1.807) is 0 Å². The summed E-state index contributed by atoms with van der Waals surface area (Å²) in [6.45, 7) is 8.98. The molecule has 1 heterocycles. The molecule has 2 nitrogen and oxygen atoms in total. The molecule has 17 heavy (non-hydrogen) atoms. The van der Waals surface area contributed by atoms with Gasteiger partial charge in [0.25, 0.3) is 0 Å². The first-order valence-electron chi connectivity index (χ1n) is 6.22. The van der Waals surface area contributed by atoms with Gasteiger partial charge in [0, 0.05) is 24.5 Å². The molecule has 0 fully saturated rings. The lowest BCUT2D eigenvalue weighted by molar-refractivity contribution is 0.0812. The lowest BCUT2D eigenvalue weighted by Gasteiger charge is -2.18. The van der Waals surface area contributed by atoms with E-state index in [2.05, 4.69) is 42.8 Å². The smallest absolute Gasteiger partial charge is 0.0632 e. The monoisotopic (exact) mass is 231 g/mol. The van der Waals surface area contributed by atoms with Crippen LogP contribution in [0.15, 0.2) is 24.4 Å². The molecule has 0 atom stereocenters. The maximum Gasteiger partial charge on any atom is 0.0632 e. The number of fused-ring (bicyclic) bond motifs is 1. The summed E-state index contributed by atoms with van der Waals surface area (Å²) in [4.78, 5) is 0. The van der Waals surface area contributed by atoms with Crippen LogP contribution in [0.3, 0.4) is 0 Å². The van der Waals surface area contributed by atoms with Crippen molar-refractivity contribution < 1.29 is 5.11 Å². The highest BCUT2D eigenvalue weighted by molar-refractivity contribution is 5.86. The largest absolute Gasteiger partial charge is 0.390 e. The molecule has 0 radical (unpaired) electrons. The van der Waals surface area contributed by atoms with Crippen molar-refractivity contribution in [1.82, 2.24) is 4.57 Å². The lowest BCUT2D eigenvalue weighted by atomic mass is 9.96. The van der Waals surface area contributed by atoms with Gasteiger partial charge in [-0.05, 0) is 38.8 Å². The highest BCUT2D eigenvalue weighted by atomic mass is 16.3. The third kappa shape index (κ3) is 2.37. The number of hydrogen-bond donors (Lipinski definition) is 1. The number of aromatic nitrogens is 1. The molecule has 1 aromatic carbocycles. The molecule has 2 rings (SSSR count). The van der Waals surface area contributed by atoms with Crippen LogP contribution in [-0.4, -0.2) is 15.3 Å². The van der Waals surface area contributed by atoms with Crippen molar-refractivity contribution >= 4 is 10.9 Å². The van der Waals surface area contributed by atoms with Gasteiger partial charge in [-0.2, -0.15) is 0 Å². The van der Waals surface area contributed by atoms with Crippen LogP contribution in [0.5, 0.6) is 0 Å². The average molecular weight is 231 g/mol. The fourth-order valence-corrected chi connectivity index (χ4v) is 2.47. The molecule has 2 heteroatoms. The van der Waals surface area contributed by atoms with Gasteiger partial charge in [0.05, 0.1) is 11.1 Å². The van der Waals surface area contributed by atoms with Crippen molar-refractivity contribution in [2.75, 3.05) is 0 Å². The van der Waals surface area contributed by atoms with Crippen LogP contribution in [0.1, 0.15) is 31.9 Å². The van der Waals surface area contributed by atoms with E-state index >= 15 is 0 Å². The molecule has 1 N–H and O–H groups in total. The second-order valence-electron chi connectivity index (χ2n) is 5.40. The molecule has 0 aliphatic heterocycles. The molecule has 0 aliphatic carbocycles. The highest BCUT2D eigenvalue weighted by Crippen LogP contribution is 2.26. The number of benzene rings is 1. The molecule has 1 aromatic heterocycles. The summed E-state index contributed by atoms with van der Waals surface area (Å²) < 4.78 is 2.27. The molecule has 92 valence electrons. The number of rotatable bonds is 3. The Kier molecular flexibility index (Phi) is 3.00. The minimum atomic E-state index is -0.662. The lowest BCUT2D eigenvalue weighted by Crippen LogP contribution is -2.22. The molecule has 0 saturated heterocycles. The van der Waals surface area contributed by atoms with E-state index < -0.39 is 5.60 Å². The third-order valence-electron chi connectivity index (χ3n) is 3.14. The van der Waals surface area contributed by atoms with Gasteiger partial charge in [0.15, 0.2) is 0 Å². The predicted octanol–water partition coefficient (Wildman–Crippen LogP) is 3.28. The maximum absolute atomic E-state index is 9.99. The van der Waals surface area contributed by atoms with E-state index in [9.17, 15) is 5.11 Å². The third-order valence-corrected chi connectivity index (χ3v) is 3.14. The second kappa shape index (κ2) is 4.19. The van der Waals surface area contributed by atoms with Crippen molar-refractivity contribution in [2.45, 2.75) is 46.3 Å². The molecule has 0 aliphatic rings. The Morgan fingerprint density at radius 2 is 2.00 bits per heavy atom. The van der Waals surface area contributed by atoms with E-state index in [4.69, 9.17) is 0 Å². The molecular weight excluding hydrogens is 210 g/mol. The molecule has 0 saturated carbocycles. The van der Waals surface area contributed by atoms with Crippen LogP contribution in [0.2, 0.25) is 0 Å². The zero-order valence-electron chi connectivity index (χ0n) is 11.1. The van der Waals surface area contributed by atoms with E-state index in [0.29, 0.717) is 6.42 Å². The average Bonchev–Trinajstić information content (AvgIpc) is 2.55. The number of nitrogens with zero attached hydrogens (tertiary/aromatic N) is 1. The van der Waals surface area contributed by atoms with Crippen LogP contribution in [0.25, 0.3) is 10.9 Å². The van der Waals surface area contributed by atoms with Crippen molar-refractivity contribution in [3.8, 4) is 0 Å². The number of hydrogen-bond acceptors (Lipinski definition) is 1.